The molecule has 0 bridgehead atoms. The molecule has 1 aromatic rings. The summed E-state index contributed by atoms with van der Waals surface area (Å²) < 4.78 is 5.62. The highest BCUT2D eigenvalue weighted by atomic mass is 16.5. The minimum atomic E-state index is 0.0961. The normalized spacial score (nSPS) is 15.0. The van der Waals surface area contributed by atoms with Crippen molar-refractivity contribution in [1.29, 1.82) is 0 Å². The van der Waals surface area contributed by atoms with Gasteiger partial charge in [-0.3, -0.25) is 4.79 Å². The van der Waals surface area contributed by atoms with E-state index in [4.69, 9.17) is 4.74 Å². The van der Waals surface area contributed by atoms with E-state index in [2.05, 4.69) is 5.32 Å². The molecule has 80 valence electrons. The number of ketones is 1. The SMILES string of the molecule is CNCC(=O)c1cccc(OC2CC2)c1. The van der Waals surface area contributed by atoms with Crippen molar-refractivity contribution in [3.05, 3.63) is 29.8 Å². The zero-order valence-corrected chi connectivity index (χ0v) is 8.82. The highest BCUT2D eigenvalue weighted by Gasteiger charge is 2.23. The van der Waals surface area contributed by atoms with Crippen LogP contribution in [0.1, 0.15) is 23.2 Å². The minimum Gasteiger partial charge on any atom is -0.490 e. The Bertz CT molecular complexity index is 358. The quantitative estimate of drug-likeness (QED) is 0.742. The van der Waals surface area contributed by atoms with Crippen molar-refractivity contribution in [1.82, 2.24) is 5.32 Å². The van der Waals surface area contributed by atoms with Crippen LogP contribution in [0.15, 0.2) is 24.3 Å². The molecule has 1 aliphatic rings. The maximum absolute atomic E-state index is 11.6. The second kappa shape index (κ2) is 4.45. The van der Waals surface area contributed by atoms with Gasteiger partial charge in [-0.1, -0.05) is 12.1 Å². The average Bonchev–Trinajstić information content (AvgIpc) is 3.03. The molecule has 0 radical (unpaired) electrons. The molecular formula is C12H15NO2. The van der Waals surface area contributed by atoms with E-state index in [1.54, 1.807) is 7.05 Å². The van der Waals surface area contributed by atoms with Gasteiger partial charge in [-0.15, -0.1) is 0 Å². The lowest BCUT2D eigenvalue weighted by molar-refractivity contribution is 0.0993. The van der Waals surface area contributed by atoms with Crippen LogP contribution in [-0.4, -0.2) is 25.5 Å². The largest absolute Gasteiger partial charge is 0.490 e. The maximum atomic E-state index is 11.6. The Morgan fingerprint density at radius 1 is 1.53 bits per heavy atom. The van der Waals surface area contributed by atoms with Crippen LogP contribution >= 0.6 is 0 Å². The van der Waals surface area contributed by atoms with Crippen LogP contribution in [0.5, 0.6) is 5.75 Å². The first-order chi connectivity index (χ1) is 7.29. The predicted octanol–water partition coefficient (Wildman–Crippen LogP) is 1.63. The number of Topliss-reactive ketones (excluding diaryl/α,β-unsaturated/α-hetero) is 1. The first-order valence-corrected chi connectivity index (χ1v) is 5.24. The molecule has 0 saturated heterocycles. The van der Waals surface area contributed by atoms with Gasteiger partial charge >= 0.3 is 0 Å². The van der Waals surface area contributed by atoms with Gasteiger partial charge in [-0.05, 0) is 32.0 Å². The molecule has 1 saturated carbocycles. The average molecular weight is 205 g/mol. The molecule has 1 aliphatic carbocycles. The Morgan fingerprint density at radius 2 is 2.33 bits per heavy atom. The van der Waals surface area contributed by atoms with E-state index >= 15 is 0 Å². The number of carbonyl (C=O) groups is 1. The molecule has 3 heteroatoms. The number of hydrogen-bond donors (Lipinski definition) is 1. The monoisotopic (exact) mass is 205 g/mol. The van der Waals surface area contributed by atoms with E-state index in [1.807, 2.05) is 24.3 Å². The number of nitrogens with one attached hydrogen (secondary N) is 1. The molecule has 1 fully saturated rings. The Labute approximate surface area is 89.4 Å². The van der Waals surface area contributed by atoms with Crippen molar-refractivity contribution in [3.8, 4) is 5.75 Å². The third kappa shape index (κ3) is 2.80. The van der Waals surface area contributed by atoms with Gasteiger partial charge in [0.25, 0.3) is 0 Å². The van der Waals surface area contributed by atoms with E-state index in [0.29, 0.717) is 18.2 Å². The Balaban J connectivity index is 2.06. The van der Waals surface area contributed by atoms with Crippen molar-refractivity contribution in [2.45, 2.75) is 18.9 Å². The molecule has 2 rings (SSSR count). The topological polar surface area (TPSA) is 38.3 Å². The van der Waals surface area contributed by atoms with E-state index in [-0.39, 0.29) is 5.78 Å². The van der Waals surface area contributed by atoms with Crippen molar-refractivity contribution < 1.29 is 9.53 Å². The second-order valence-corrected chi connectivity index (χ2v) is 3.80. The summed E-state index contributed by atoms with van der Waals surface area (Å²) in [6, 6.07) is 7.40. The fraction of sp³-hybridized carbons (Fsp3) is 0.417. The number of hydrogen-bond acceptors (Lipinski definition) is 3. The number of carbonyl (C=O) groups excluding carboxylic acids is 1. The van der Waals surface area contributed by atoms with Crippen LogP contribution in [0.4, 0.5) is 0 Å². The Morgan fingerprint density at radius 3 is 3.00 bits per heavy atom. The van der Waals surface area contributed by atoms with Gasteiger partial charge in [0.05, 0.1) is 12.6 Å². The van der Waals surface area contributed by atoms with Crippen LogP contribution in [0, 0.1) is 0 Å². The molecule has 1 N–H and O–H groups in total. The first kappa shape index (κ1) is 10.2. The molecule has 0 atom stereocenters. The van der Waals surface area contributed by atoms with E-state index in [0.717, 1.165) is 18.6 Å². The van der Waals surface area contributed by atoms with Crippen LogP contribution in [0.3, 0.4) is 0 Å². The van der Waals surface area contributed by atoms with E-state index < -0.39 is 0 Å². The number of rotatable bonds is 5. The molecule has 0 unspecified atom stereocenters. The van der Waals surface area contributed by atoms with E-state index in [1.165, 1.54) is 0 Å². The van der Waals surface area contributed by atoms with Crippen molar-refractivity contribution >= 4 is 5.78 Å². The van der Waals surface area contributed by atoms with Crippen LogP contribution in [-0.2, 0) is 0 Å². The van der Waals surface area contributed by atoms with Gasteiger partial charge in [0.15, 0.2) is 5.78 Å². The Kier molecular flexibility index (Phi) is 3.02. The molecule has 0 aliphatic heterocycles. The summed E-state index contributed by atoms with van der Waals surface area (Å²) in [5, 5.41) is 2.85. The molecule has 0 heterocycles. The fourth-order valence-corrected chi connectivity index (χ4v) is 1.38. The summed E-state index contributed by atoms with van der Waals surface area (Å²) in [4.78, 5) is 11.6. The summed E-state index contributed by atoms with van der Waals surface area (Å²) >= 11 is 0. The molecule has 1 aromatic carbocycles. The highest BCUT2D eigenvalue weighted by Crippen LogP contribution is 2.27. The van der Waals surface area contributed by atoms with Crippen LogP contribution in [0.2, 0.25) is 0 Å². The number of likely N-dealkylation sites (N-methyl/N-ethyl adjacent to an activating group) is 1. The van der Waals surface area contributed by atoms with E-state index in [9.17, 15) is 4.79 Å². The predicted molar refractivity (Wildman–Crippen MR) is 58.3 cm³/mol. The minimum absolute atomic E-state index is 0.0961. The van der Waals surface area contributed by atoms with Gasteiger partial charge in [-0.2, -0.15) is 0 Å². The molecule has 0 spiro atoms. The van der Waals surface area contributed by atoms with Crippen molar-refractivity contribution in [3.63, 3.8) is 0 Å². The molecule has 15 heavy (non-hydrogen) atoms. The fourth-order valence-electron chi connectivity index (χ4n) is 1.38. The van der Waals surface area contributed by atoms with Gasteiger partial charge in [0.1, 0.15) is 5.75 Å². The standard InChI is InChI=1S/C12H15NO2/c1-13-8-12(14)9-3-2-4-11(7-9)15-10-5-6-10/h2-4,7,10,13H,5-6,8H2,1H3. The van der Waals surface area contributed by atoms with Crippen molar-refractivity contribution in [2.75, 3.05) is 13.6 Å². The van der Waals surface area contributed by atoms with Gasteiger partial charge in [0.2, 0.25) is 0 Å². The third-order valence-corrected chi connectivity index (χ3v) is 2.32. The molecule has 0 aromatic heterocycles. The molecular weight excluding hydrogens is 190 g/mol. The summed E-state index contributed by atoms with van der Waals surface area (Å²) in [5.41, 5.74) is 0.711. The molecule has 3 nitrogen and oxygen atoms in total. The highest BCUT2D eigenvalue weighted by molar-refractivity contribution is 5.97. The summed E-state index contributed by atoms with van der Waals surface area (Å²) in [7, 11) is 1.77. The zero-order valence-electron chi connectivity index (χ0n) is 8.82. The van der Waals surface area contributed by atoms with Gasteiger partial charge in [-0.25, -0.2) is 0 Å². The van der Waals surface area contributed by atoms with Crippen LogP contribution in [0.25, 0.3) is 0 Å². The Hall–Kier alpha value is -1.35. The lowest BCUT2D eigenvalue weighted by atomic mass is 10.1. The van der Waals surface area contributed by atoms with Crippen LogP contribution < -0.4 is 10.1 Å². The molecule has 0 amide bonds. The second-order valence-electron chi connectivity index (χ2n) is 3.80. The number of benzene rings is 1. The third-order valence-electron chi connectivity index (χ3n) is 2.32. The lowest BCUT2D eigenvalue weighted by Gasteiger charge is -2.06. The maximum Gasteiger partial charge on any atom is 0.176 e. The van der Waals surface area contributed by atoms with Gasteiger partial charge < -0.3 is 10.1 Å². The first-order valence-electron chi connectivity index (χ1n) is 5.24. The summed E-state index contributed by atoms with van der Waals surface area (Å²) in [6.45, 7) is 0.368. The van der Waals surface area contributed by atoms with Crippen molar-refractivity contribution in [2.24, 2.45) is 0 Å². The summed E-state index contributed by atoms with van der Waals surface area (Å²) in [6.07, 6.45) is 2.64. The smallest absolute Gasteiger partial charge is 0.176 e. The summed E-state index contributed by atoms with van der Waals surface area (Å²) in [5.74, 6) is 0.901. The lowest BCUT2D eigenvalue weighted by Crippen LogP contribution is -2.18. The number of ether oxygens (including phenoxy) is 1. The van der Waals surface area contributed by atoms with Gasteiger partial charge in [0, 0.05) is 5.56 Å². The zero-order chi connectivity index (χ0) is 10.7.